The van der Waals surface area contributed by atoms with Crippen LogP contribution in [0.3, 0.4) is 0 Å². The molecule has 0 aliphatic rings. The predicted octanol–water partition coefficient (Wildman–Crippen LogP) is 3.52. The Hall–Kier alpha value is -0.960. The van der Waals surface area contributed by atoms with Crippen LogP contribution in [0, 0.1) is 0 Å². The molecule has 0 saturated heterocycles. The SMILES string of the molecule is O=C(c1ccccc1)C(F)(F)CCCCl. The lowest BCUT2D eigenvalue weighted by atomic mass is 10.0. The first-order valence-electron chi connectivity index (χ1n) is 4.61. The Bertz CT molecular complexity index is 325. The maximum atomic E-state index is 13.3. The summed E-state index contributed by atoms with van der Waals surface area (Å²) in [6, 6.07) is 7.57. The maximum absolute atomic E-state index is 13.3. The molecule has 0 saturated carbocycles. The smallest absolute Gasteiger partial charge is 0.287 e. The molecule has 0 bridgehead atoms. The van der Waals surface area contributed by atoms with Crippen LogP contribution in [0.5, 0.6) is 0 Å². The summed E-state index contributed by atoms with van der Waals surface area (Å²) in [5, 5.41) is 0. The zero-order valence-corrected chi connectivity index (χ0v) is 8.81. The van der Waals surface area contributed by atoms with E-state index in [4.69, 9.17) is 11.6 Å². The molecular weight excluding hydrogens is 222 g/mol. The Morgan fingerprint density at radius 3 is 2.40 bits per heavy atom. The molecule has 0 aliphatic heterocycles. The molecule has 0 radical (unpaired) electrons. The van der Waals surface area contributed by atoms with Crippen molar-refractivity contribution in [2.75, 3.05) is 5.88 Å². The highest BCUT2D eigenvalue weighted by Crippen LogP contribution is 2.25. The molecule has 1 aromatic carbocycles. The molecule has 15 heavy (non-hydrogen) atoms. The molecule has 0 heterocycles. The Kier molecular flexibility index (Phi) is 4.21. The number of hydrogen-bond acceptors (Lipinski definition) is 1. The van der Waals surface area contributed by atoms with Gasteiger partial charge in [0.1, 0.15) is 0 Å². The van der Waals surface area contributed by atoms with Crippen molar-refractivity contribution in [1.29, 1.82) is 0 Å². The molecule has 82 valence electrons. The molecule has 0 spiro atoms. The summed E-state index contributed by atoms with van der Waals surface area (Å²) in [6.45, 7) is 0. The highest BCUT2D eigenvalue weighted by molar-refractivity contribution is 6.17. The molecule has 1 rings (SSSR count). The molecular formula is C11H11ClF2O. The normalized spacial score (nSPS) is 11.4. The van der Waals surface area contributed by atoms with E-state index in [2.05, 4.69) is 0 Å². The Labute approximate surface area is 92.1 Å². The standard InChI is InChI=1S/C11H11ClF2O/c12-8-4-7-11(13,14)10(15)9-5-2-1-3-6-9/h1-3,5-6H,4,7-8H2. The summed E-state index contributed by atoms with van der Waals surface area (Å²) in [6.07, 6.45) is -0.364. The number of alkyl halides is 3. The lowest BCUT2D eigenvalue weighted by molar-refractivity contribution is 0.00467. The average Bonchev–Trinajstić information content (AvgIpc) is 2.26. The van der Waals surface area contributed by atoms with Crippen LogP contribution in [-0.2, 0) is 0 Å². The molecule has 0 atom stereocenters. The number of Topliss-reactive ketones (excluding diaryl/α,β-unsaturated/α-hetero) is 1. The number of carbonyl (C=O) groups excluding carboxylic acids is 1. The third-order valence-corrected chi connectivity index (χ3v) is 2.26. The van der Waals surface area contributed by atoms with Gasteiger partial charge in [-0.3, -0.25) is 4.79 Å². The maximum Gasteiger partial charge on any atom is 0.309 e. The largest absolute Gasteiger partial charge is 0.309 e. The van der Waals surface area contributed by atoms with E-state index in [1.165, 1.54) is 12.1 Å². The van der Waals surface area contributed by atoms with Gasteiger partial charge in [0, 0.05) is 17.9 Å². The molecule has 0 N–H and O–H groups in total. The van der Waals surface area contributed by atoms with Crippen molar-refractivity contribution in [1.82, 2.24) is 0 Å². The van der Waals surface area contributed by atoms with Gasteiger partial charge >= 0.3 is 5.92 Å². The number of ketones is 1. The highest BCUT2D eigenvalue weighted by Gasteiger charge is 2.38. The Morgan fingerprint density at radius 2 is 1.87 bits per heavy atom. The second-order valence-electron chi connectivity index (χ2n) is 3.19. The first-order valence-corrected chi connectivity index (χ1v) is 5.15. The first-order chi connectivity index (χ1) is 7.08. The van der Waals surface area contributed by atoms with Crippen LogP contribution >= 0.6 is 11.6 Å². The summed E-state index contributed by atoms with van der Waals surface area (Å²) < 4.78 is 26.6. The number of rotatable bonds is 5. The number of hydrogen-bond donors (Lipinski definition) is 0. The van der Waals surface area contributed by atoms with E-state index in [0.717, 1.165) is 0 Å². The van der Waals surface area contributed by atoms with E-state index in [9.17, 15) is 13.6 Å². The van der Waals surface area contributed by atoms with Crippen molar-refractivity contribution < 1.29 is 13.6 Å². The third kappa shape index (κ3) is 3.27. The summed E-state index contributed by atoms with van der Waals surface area (Å²) >= 11 is 5.31. The second kappa shape index (κ2) is 5.21. The molecule has 0 unspecified atom stereocenters. The summed E-state index contributed by atoms with van der Waals surface area (Å²) in [7, 11) is 0. The number of carbonyl (C=O) groups is 1. The van der Waals surface area contributed by atoms with E-state index in [0.29, 0.717) is 0 Å². The fourth-order valence-electron chi connectivity index (χ4n) is 1.20. The molecule has 0 fully saturated rings. The van der Waals surface area contributed by atoms with Gasteiger partial charge in [0.2, 0.25) is 5.78 Å². The number of benzene rings is 1. The molecule has 0 aliphatic carbocycles. The highest BCUT2D eigenvalue weighted by atomic mass is 35.5. The summed E-state index contributed by atoms with van der Waals surface area (Å²) in [5.41, 5.74) is 0.0390. The van der Waals surface area contributed by atoms with Crippen molar-refractivity contribution in [3.05, 3.63) is 35.9 Å². The fraction of sp³-hybridized carbons (Fsp3) is 0.364. The van der Waals surface area contributed by atoms with Crippen molar-refractivity contribution in [2.45, 2.75) is 18.8 Å². The van der Waals surface area contributed by atoms with Crippen LogP contribution in [0.4, 0.5) is 8.78 Å². The van der Waals surface area contributed by atoms with Crippen LogP contribution in [0.1, 0.15) is 23.2 Å². The quantitative estimate of drug-likeness (QED) is 0.561. The zero-order chi connectivity index (χ0) is 11.3. The van der Waals surface area contributed by atoms with Gasteiger partial charge in [0.15, 0.2) is 0 Å². The summed E-state index contributed by atoms with van der Waals surface area (Å²) in [5.74, 6) is -4.30. The molecule has 1 nitrogen and oxygen atoms in total. The molecule has 0 aromatic heterocycles. The van der Waals surface area contributed by atoms with Crippen LogP contribution < -0.4 is 0 Å². The van der Waals surface area contributed by atoms with Crippen molar-refractivity contribution in [2.24, 2.45) is 0 Å². The fourth-order valence-corrected chi connectivity index (χ4v) is 1.34. The van der Waals surface area contributed by atoms with Gasteiger partial charge in [0.25, 0.3) is 0 Å². The topological polar surface area (TPSA) is 17.1 Å². The molecule has 4 heteroatoms. The molecule has 1 aromatic rings. The van der Waals surface area contributed by atoms with Gasteiger partial charge < -0.3 is 0 Å². The van der Waals surface area contributed by atoms with E-state index in [1.807, 2.05) is 0 Å². The van der Waals surface area contributed by atoms with E-state index < -0.39 is 18.1 Å². The molecule has 0 amide bonds. The van der Waals surface area contributed by atoms with Gasteiger partial charge in [-0.05, 0) is 6.42 Å². The first kappa shape index (κ1) is 12.1. The third-order valence-electron chi connectivity index (χ3n) is 1.99. The van der Waals surface area contributed by atoms with Crippen LogP contribution in [0.2, 0.25) is 0 Å². The second-order valence-corrected chi connectivity index (χ2v) is 3.57. The summed E-state index contributed by atoms with van der Waals surface area (Å²) in [4.78, 5) is 11.4. The van der Waals surface area contributed by atoms with Crippen molar-refractivity contribution in [3.63, 3.8) is 0 Å². The lowest BCUT2D eigenvalue weighted by Gasteiger charge is -2.13. The van der Waals surface area contributed by atoms with E-state index in [-0.39, 0.29) is 17.9 Å². The van der Waals surface area contributed by atoms with Crippen molar-refractivity contribution >= 4 is 17.4 Å². The zero-order valence-electron chi connectivity index (χ0n) is 8.05. The van der Waals surface area contributed by atoms with Crippen LogP contribution in [0.15, 0.2) is 30.3 Å². The average molecular weight is 233 g/mol. The van der Waals surface area contributed by atoms with E-state index >= 15 is 0 Å². The monoisotopic (exact) mass is 232 g/mol. The van der Waals surface area contributed by atoms with Crippen molar-refractivity contribution in [3.8, 4) is 0 Å². The van der Waals surface area contributed by atoms with Crippen LogP contribution in [0.25, 0.3) is 0 Å². The Balaban J connectivity index is 2.75. The van der Waals surface area contributed by atoms with Crippen LogP contribution in [-0.4, -0.2) is 17.6 Å². The lowest BCUT2D eigenvalue weighted by Crippen LogP contribution is -2.28. The number of halogens is 3. The van der Waals surface area contributed by atoms with Gasteiger partial charge in [-0.2, -0.15) is 8.78 Å². The minimum atomic E-state index is -3.31. The van der Waals surface area contributed by atoms with Gasteiger partial charge in [-0.15, -0.1) is 11.6 Å². The predicted molar refractivity (Wildman–Crippen MR) is 55.7 cm³/mol. The van der Waals surface area contributed by atoms with Gasteiger partial charge in [-0.25, -0.2) is 0 Å². The van der Waals surface area contributed by atoms with Gasteiger partial charge in [0.05, 0.1) is 0 Å². The van der Waals surface area contributed by atoms with Gasteiger partial charge in [-0.1, -0.05) is 30.3 Å². The minimum Gasteiger partial charge on any atom is -0.287 e. The van der Waals surface area contributed by atoms with E-state index in [1.54, 1.807) is 18.2 Å². The Morgan fingerprint density at radius 1 is 1.27 bits per heavy atom. The minimum absolute atomic E-state index is 0.0390.